The van der Waals surface area contributed by atoms with Crippen molar-refractivity contribution in [3.63, 3.8) is 0 Å². The monoisotopic (exact) mass is 366 g/mol. The number of hydrogen-bond acceptors (Lipinski definition) is 4. The van der Waals surface area contributed by atoms with Crippen molar-refractivity contribution in [2.45, 2.75) is 13.0 Å². The first-order valence-corrected chi connectivity index (χ1v) is 8.21. The standard InChI is InChI=1S/C19H16F2N6/c20-8-1-9-27-12-25-18(13-2-4-14(21)5-3-13)19(27)16(23)6-7-17-24-11-15(10-22)26-17/h2-7,11-12,23H,1,8-9H2,(H,24,26)/b7-6-,23-16?. The molecule has 0 unspecified atom stereocenters. The summed E-state index contributed by atoms with van der Waals surface area (Å²) >= 11 is 0. The highest BCUT2D eigenvalue weighted by molar-refractivity contribution is 6.10. The molecule has 3 aromatic rings. The van der Waals surface area contributed by atoms with Gasteiger partial charge in [-0.15, -0.1) is 0 Å². The first kappa shape index (κ1) is 18.2. The minimum atomic E-state index is -0.476. The van der Waals surface area contributed by atoms with Crippen LogP contribution in [0.15, 0.2) is 42.9 Å². The number of imidazole rings is 2. The van der Waals surface area contributed by atoms with Gasteiger partial charge in [-0.05, 0) is 42.8 Å². The normalized spacial score (nSPS) is 11.0. The minimum Gasteiger partial charge on any atom is -0.330 e. The van der Waals surface area contributed by atoms with E-state index < -0.39 is 6.67 Å². The highest BCUT2D eigenvalue weighted by Gasteiger charge is 2.16. The number of H-pyrrole nitrogens is 1. The molecule has 2 heterocycles. The van der Waals surface area contributed by atoms with E-state index in [1.54, 1.807) is 29.1 Å². The number of aromatic amines is 1. The van der Waals surface area contributed by atoms with Crippen molar-refractivity contribution in [2.24, 2.45) is 0 Å². The average Bonchev–Trinajstić information content (AvgIpc) is 3.32. The molecule has 0 saturated heterocycles. The highest BCUT2D eigenvalue weighted by atomic mass is 19.1. The molecule has 0 saturated carbocycles. The molecule has 2 N–H and O–H groups in total. The molecule has 8 heteroatoms. The lowest BCUT2D eigenvalue weighted by Gasteiger charge is -2.08. The number of hydrogen-bond donors (Lipinski definition) is 2. The van der Waals surface area contributed by atoms with Crippen molar-refractivity contribution >= 4 is 11.8 Å². The smallest absolute Gasteiger partial charge is 0.137 e. The number of alkyl halides is 1. The molecular weight excluding hydrogens is 350 g/mol. The molecule has 3 rings (SSSR count). The lowest BCUT2D eigenvalue weighted by atomic mass is 10.1. The zero-order valence-electron chi connectivity index (χ0n) is 14.3. The van der Waals surface area contributed by atoms with E-state index >= 15 is 0 Å². The summed E-state index contributed by atoms with van der Waals surface area (Å²) < 4.78 is 27.5. The minimum absolute atomic E-state index is 0.139. The van der Waals surface area contributed by atoms with Gasteiger partial charge >= 0.3 is 0 Å². The molecule has 0 aliphatic heterocycles. The molecule has 0 aliphatic carbocycles. The SMILES string of the molecule is N#Cc1cnc(/C=C\C(=N)c2c(-c3ccc(F)cc3)ncn2CCCF)[nH]1. The Hall–Kier alpha value is -3.60. The number of nitrogens with zero attached hydrogens (tertiary/aromatic N) is 4. The van der Waals surface area contributed by atoms with Crippen LogP contribution in [0.4, 0.5) is 8.78 Å². The third-order valence-electron chi connectivity index (χ3n) is 3.87. The number of nitriles is 1. The molecule has 0 bridgehead atoms. The maximum atomic E-state index is 13.2. The van der Waals surface area contributed by atoms with E-state index in [9.17, 15) is 8.78 Å². The molecule has 0 aliphatic rings. The van der Waals surface area contributed by atoms with Gasteiger partial charge in [-0.25, -0.2) is 14.4 Å². The van der Waals surface area contributed by atoms with Crippen LogP contribution in [0.2, 0.25) is 0 Å². The predicted octanol–water partition coefficient (Wildman–Crippen LogP) is 3.72. The molecule has 0 amide bonds. The van der Waals surface area contributed by atoms with Crippen LogP contribution in [-0.2, 0) is 6.54 Å². The number of aromatic nitrogens is 4. The quantitative estimate of drug-likeness (QED) is 0.624. The maximum Gasteiger partial charge on any atom is 0.137 e. The van der Waals surface area contributed by atoms with E-state index in [4.69, 9.17) is 10.7 Å². The number of rotatable bonds is 7. The fourth-order valence-corrected chi connectivity index (χ4v) is 2.60. The molecule has 27 heavy (non-hydrogen) atoms. The van der Waals surface area contributed by atoms with Gasteiger partial charge in [-0.1, -0.05) is 0 Å². The molecule has 6 nitrogen and oxygen atoms in total. The molecule has 1 aromatic carbocycles. The van der Waals surface area contributed by atoms with Gasteiger partial charge in [0, 0.05) is 12.1 Å². The lowest BCUT2D eigenvalue weighted by Crippen LogP contribution is -2.09. The molecule has 136 valence electrons. The van der Waals surface area contributed by atoms with E-state index in [1.165, 1.54) is 24.4 Å². The first-order chi connectivity index (χ1) is 13.1. The van der Waals surface area contributed by atoms with Crippen molar-refractivity contribution in [2.75, 3.05) is 6.67 Å². The van der Waals surface area contributed by atoms with Gasteiger partial charge in [0.25, 0.3) is 0 Å². The molecule has 0 spiro atoms. The lowest BCUT2D eigenvalue weighted by molar-refractivity contribution is 0.446. The Bertz CT molecular complexity index is 1010. The molecule has 0 fully saturated rings. The largest absolute Gasteiger partial charge is 0.330 e. The molecule has 0 radical (unpaired) electrons. The average molecular weight is 366 g/mol. The first-order valence-electron chi connectivity index (χ1n) is 8.21. The van der Waals surface area contributed by atoms with E-state index in [0.717, 1.165) is 0 Å². The van der Waals surface area contributed by atoms with Crippen LogP contribution in [0.3, 0.4) is 0 Å². The van der Waals surface area contributed by atoms with E-state index in [0.29, 0.717) is 41.4 Å². The van der Waals surface area contributed by atoms with Crippen LogP contribution in [0.5, 0.6) is 0 Å². The zero-order valence-corrected chi connectivity index (χ0v) is 14.3. The number of allylic oxidation sites excluding steroid dienone is 1. The number of halogens is 2. The van der Waals surface area contributed by atoms with Crippen molar-refractivity contribution in [3.05, 3.63) is 65.9 Å². The third kappa shape index (κ3) is 4.15. The summed E-state index contributed by atoms with van der Waals surface area (Å²) in [5.41, 5.74) is 2.13. The van der Waals surface area contributed by atoms with Gasteiger partial charge in [0.1, 0.15) is 23.4 Å². The topological polar surface area (TPSA) is 94.1 Å². The molecule has 2 aromatic heterocycles. The number of benzene rings is 1. The molecule has 0 atom stereocenters. The Balaban J connectivity index is 1.95. The second kappa shape index (κ2) is 8.19. The Labute approximate surface area is 154 Å². The van der Waals surface area contributed by atoms with Crippen LogP contribution in [-0.4, -0.2) is 31.9 Å². The van der Waals surface area contributed by atoms with Gasteiger partial charge in [0.15, 0.2) is 0 Å². The van der Waals surface area contributed by atoms with Gasteiger partial charge in [-0.3, -0.25) is 9.80 Å². The fraction of sp³-hybridized carbons (Fsp3) is 0.158. The van der Waals surface area contributed by atoms with E-state index in [2.05, 4.69) is 15.0 Å². The Morgan fingerprint density at radius 2 is 2.07 bits per heavy atom. The third-order valence-corrected chi connectivity index (χ3v) is 3.87. The predicted molar refractivity (Wildman–Crippen MR) is 97.4 cm³/mol. The zero-order chi connectivity index (χ0) is 19.2. The summed E-state index contributed by atoms with van der Waals surface area (Å²) in [4.78, 5) is 11.2. The summed E-state index contributed by atoms with van der Waals surface area (Å²) in [6, 6.07) is 7.77. The van der Waals surface area contributed by atoms with Crippen molar-refractivity contribution < 1.29 is 8.78 Å². The highest BCUT2D eigenvalue weighted by Crippen LogP contribution is 2.24. The Kier molecular flexibility index (Phi) is 5.52. The second-order valence-corrected chi connectivity index (χ2v) is 5.73. The van der Waals surface area contributed by atoms with Crippen LogP contribution in [0.1, 0.15) is 23.6 Å². The summed E-state index contributed by atoms with van der Waals surface area (Å²) in [5.74, 6) is 0.0766. The van der Waals surface area contributed by atoms with E-state index in [-0.39, 0.29) is 11.5 Å². The summed E-state index contributed by atoms with van der Waals surface area (Å²) in [6.45, 7) is -0.106. The van der Waals surface area contributed by atoms with Crippen molar-refractivity contribution in [1.82, 2.24) is 19.5 Å². The van der Waals surface area contributed by atoms with Gasteiger partial charge in [0.2, 0.25) is 0 Å². The van der Waals surface area contributed by atoms with E-state index in [1.807, 2.05) is 6.07 Å². The van der Waals surface area contributed by atoms with Crippen LogP contribution in [0.25, 0.3) is 17.3 Å². The van der Waals surface area contributed by atoms with Crippen molar-refractivity contribution in [3.8, 4) is 17.3 Å². The summed E-state index contributed by atoms with van der Waals surface area (Å²) in [6.07, 6.45) is 6.35. The van der Waals surface area contributed by atoms with Crippen LogP contribution >= 0.6 is 0 Å². The fourth-order valence-electron chi connectivity index (χ4n) is 2.60. The van der Waals surface area contributed by atoms with Crippen LogP contribution < -0.4 is 0 Å². The van der Waals surface area contributed by atoms with Gasteiger partial charge in [0.05, 0.1) is 36.3 Å². The second-order valence-electron chi connectivity index (χ2n) is 5.73. The molecular formula is C19H16F2N6. The summed E-state index contributed by atoms with van der Waals surface area (Å²) in [5, 5.41) is 17.3. The van der Waals surface area contributed by atoms with Gasteiger partial charge in [-0.2, -0.15) is 5.26 Å². The van der Waals surface area contributed by atoms with Crippen molar-refractivity contribution in [1.29, 1.82) is 10.7 Å². The number of aryl methyl sites for hydroxylation is 1. The Morgan fingerprint density at radius 3 is 2.74 bits per heavy atom. The maximum absolute atomic E-state index is 13.2. The number of nitrogens with one attached hydrogen (secondary N) is 2. The van der Waals surface area contributed by atoms with Crippen LogP contribution in [0, 0.1) is 22.6 Å². The van der Waals surface area contributed by atoms with Gasteiger partial charge < -0.3 is 9.55 Å². The summed E-state index contributed by atoms with van der Waals surface area (Å²) in [7, 11) is 0. The Morgan fingerprint density at radius 1 is 1.30 bits per heavy atom.